The van der Waals surface area contributed by atoms with Crippen LogP contribution in [0.3, 0.4) is 0 Å². The monoisotopic (exact) mass is 537 g/mol. The molecule has 0 aliphatic heterocycles. The number of hydrogen-bond donors (Lipinski definition) is 3. The molecule has 0 radical (unpaired) electrons. The Morgan fingerprint density at radius 2 is 1.46 bits per heavy atom. The number of nitrogens with zero attached hydrogens (tertiary/aromatic N) is 4. The Morgan fingerprint density at radius 3 is 2.27 bits per heavy atom. The first kappa shape index (κ1) is 24.5. The molecule has 0 spiro atoms. The van der Waals surface area contributed by atoms with E-state index in [1.165, 1.54) is 10.9 Å². The first-order valence-corrected chi connectivity index (χ1v) is 13.6. The van der Waals surface area contributed by atoms with E-state index in [4.69, 9.17) is 5.10 Å². The van der Waals surface area contributed by atoms with Crippen LogP contribution in [0, 0.1) is 0 Å². The summed E-state index contributed by atoms with van der Waals surface area (Å²) >= 11 is 0. The molecule has 0 aliphatic rings. The summed E-state index contributed by atoms with van der Waals surface area (Å²) < 4.78 is 2.07. The molecule has 0 bridgehead atoms. The molecule has 41 heavy (non-hydrogen) atoms. The molecule has 0 fully saturated rings. The highest BCUT2D eigenvalue weighted by Crippen LogP contribution is 2.31. The van der Waals surface area contributed by atoms with Crippen molar-refractivity contribution in [1.82, 2.24) is 35.0 Å². The maximum absolute atomic E-state index is 13.5. The molecule has 200 valence electrons. The molecular weight excluding hydrogens is 510 g/mol. The molecule has 7 rings (SSSR count). The summed E-state index contributed by atoms with van der Waals surface area (Å²) in [5.74, 6) is 1.15. The van der Waals surface area contributed by atoms with Crippen LogP contribution in [0.4, 0.5) is 0 Å². The van der Waals surface area contributed by atoms with Gasteiger partial charge in [-0.1, -0.05) is 60.7 Å². The number of aromatic amines is 2. The number of hydrogen-bond acceptors (Lipinski definition) is 4. The Balaban J connectivity index is 1.33. The van der Waals surface area contributed by atoms with E-state index < -0.39 is 6.04 Å². The van der Waals surface area contributed by atoms with Gasteiger partial charge in [-0.3, -0.25) is 14.3 Å². The van der Waals surface area contributed by atoms with E-state index in [1.807, 2.05) is 66.9 Å². The molecule has 8 heteroatoms. The second kappa shape index (κ2) is 10.6. The summed E-state index contributed by atoms with van der Waals surface area (Å²) in [7, 11) is 0. The van der Waals surface area contributed by atoms with Crippen LogP contribution in [0.15, 0.2) is 116 Å². The van der Waals surface area contributed by atoms with Crippen LogP contribution in [0.1, 0.15) is 39.3 Å². The molecule has 1 amide bonds. The summed E-state index contributed by atoms with van der Waals surface area (Å²) in [6.45, 7) is 0. The molecule has 7 aromatic rings. The van der Waals surface area contributed by atoms with Gasteiger partial charge in [-0.2, -0.15) is 0 Å². The van der Waals surface area contributed by atoms with Gasteiger partial charge in [0.1, 0.15) is 17.6 Å². The summed E-state index contributed by atoms with van der Waals surface area (Å²) in [5, 5.41) is 14.8. The van der Waals surface area contributed by atoms with Crippen molar-refractivity contribution in [3.8, 4) is 5.69 Å². The fourth-order valence-electron chi connectivity index (χ4n) is 5.44. The minimum absolute atomic E-state index is 0.288. The normalized spacial score (nSPS) is 12.1. The lowest BCUT2D eigenvalue weighted by molar-refractivity contribution is 0.0936. The lowest BCUT2D eigenvalue weighted by atomic mass is 10.0. The molecule has 0 unspecified atom stereocenters. The zero-order valence-corrected chi connectivity index (χ0v) is 22.2. The highest BCUT2D eigenvalue weighted by molar-refractivity contribution is 5.93. The molecule has 3 aromatic carbocycles. The van der Waals surface area contributed by atoms with Crippen LogP contribution >= 0.6 is 0 Å². The average Bonchev–Trinajstić information content (AvgIpc) is 3.77. The topological polar surface area (TPSA) is 104 Å². The number of amides is 1. The molecular formula is C33H27N7O. The van der Waals surface area contributed by atoms with Crippen LogP contribution < -0.4 is 5.32 Å². The molecule has 0 saturated heterocycles. The number of pyridine rings is 1. The van der Waals surface area contributed by atoms with Crippen molar-refractivity contribution in [3.63, 3.8) is 0 Å². The van der Waals surface area contributed by atoms with E-state index in [0.717, 1.165) is 39.9 Å². The van der Waals surface area contributed by atoms with Crippen LogP contribution in [0.25, 0.3) is 27.5 Å². The largest absolute Gasteiger partial charge is 0.361 e. The molecule has 0 saturated carbocycles. The van der Waals surface area contributed by atoms with E-state index in [2.05, 4.69) is 54.3 Å². The first-order chi connectivity index (χ1) is 20.3. The van der Waals surface area contributed by atoms with Crippen molar-refractivity contribution >= 4 is 27.7 Å². The number of H-pyrrole nitrogens is 2. The first-order valence-electron chi connectivity index (χ1n) is 13.6. The molecule has 0 aliphatic carbocycles. The van der Waals surface area contributed by atoms with Gasteiger partial charge in [0.25, 0.3) is 5.91 Å². The number of benzene rings is 3. The number of aryl methyl sites for hydroxylation is 2. The molecule has 1 atom stereocenters. The summed E-state index contributed by atoms with van der Waals surface area (Å²) in [6, 6.07) is 31.1. The standard InChI is InChI=1S/C33H27N7O/c41-33(29-16-8-9-19-34-29)37-31(26-21-36-28-15-7-5-13-25(26)28)32-39-38-30(40(32)23-10-2-1-3-11-23)18-17-22-20-35-27-14-6-4-12-24(22)27/h1-16,19-21,31,35-36H,17-18H2,(H,37,41)/t31-/m1/s1. The summed E-state index contributed by atoms with van der Waals surface area (Å²) in [6.07, 6.45) is 7.07. The zero-order chi connectivity index (χ0) is 27.6. The van der Waals surface area contributed by atoms with Gasteiger partial charge in [0.2, 0.25) is 0 Å². The fourth-order valence-corrected chi connectivity index (χ4v) is 5.44. The Morgan fingerprint density at radius 1 is 0.756 bits per heavy atom. The number of para-hydroxylation sites is 3. The number of nitrogens with one attached hydrogen (secondary N) is 3. The van der Waals surface area contributed by atoms with Crippen molar-refractivity contribution in [1.29, 1.82) is 0 Å². The number of rotatable bonds is 8. The number of carbonyl (C=O) groups excluding carboxylic acids is 1. The lowest BCUT2D eigenvalue weighted by Gasteiger charge is -2.20. The van der Waals surface area contributed by atoms with Gasteiger partial charge in [0.15, 0.2) is 5.82 Å². The van der Waals surface area contributed by atoms with Crippen LogP contribution in [0.2, 0.25) is 0 Å². The molecule has 4 heterocycles. The third-order valence-corrected chi connectivity index (χ3v) is 7.43. The Bertz CT molecular complexity index is 1950. The van der Waals surface area contributed by atoms with Crippen molar-refractivity contribution < 1.29 is 4.79 Å². The van der Waals surface area contributed by atoms with Gasteiger partial charge in [-0.15, -0.1) is 10.2 Å². The van der Waals surface area contributed by atoms with Gasteiger partial charge in [0.05, 0.1) is 0 Å². The SMILES string of the molecule is O=C(N[C@H](c1c[nH]c2ccccc12)c1nnc(CCc2c[nH]c3ccccc23)n1-c1ccccc1)c1ccccn1. The number of fused-ring (bicyclic) bond motifs is 2. The minimum Gasteiger partial charge on any atom is -0.361 e. The fraction of sp³-hybridized carbons (Fsp3) is 0.0909. The number of carbonyl (C=O) groups is 1. The van der Waals surface area contributed by atoms with E-state index in [-0.39, 0.29) is 5.91 Å². The highest BCUT2D eigenvalue weighted by atomic mass is 16.2. The summed E-state index contributed by atoms with van der Waals surface area (Å²) in [5.41, 5.74) is 5.48. The van der Waals surface area contributed by atoms with Gasteiger partial charge in [0, 0.05) is 58.1 Å². The van der Waals surface area contributed by atoms with E-state index >= 15 is 0 Å². The van der Waals surface area contributed by atoms with Crippen molar-refractivity contribution in [2.75, 3.05) is 0 Å². The van der Waals surface area contributed by atoms with E-state index in [0.29, 0.717) is 17.9 Å². The highest BCUT2D eigenvalue weighted by Gasteiger charge is 2.28. The Labute approximate surface area is 236 Å². The summed E-state index contributed by atoms with van der Waals surface area (Å²) in [4.78, 5) is 24.5. The predicted octanol–water partition coefficient (Wildman–Crippen LogP) is 5.93. The second-order valence-corrected chi connectivity index (χ2v) is 9.92. The Kier molecular flexibility index (Phi) is 6.33. The quantitative estimate of drug-likeness (QED) is 0.224. The molecule has 3 N–H and O–H groups in total. The predicted molar refractivity (Wildman–Crippen MR) is 159 cm³/mol. The maximum atomic E-state index is 13.5. The van der Waals surface area contributed by atoms with Crippen molar-refractivity contribution in [3.05, 3.63) is 144 Å². The van der Waals surface area contributed by atoms with Gasteiger partial charge in [-0.05, 0) is 48.4 Å². The van der Waals surface area contributed by atoms with E-state index in [1.54, 1.807) is 24.4 Å². The maximum Gasteiger partial charge on any atom is 0.270 e. The second-order valence-electron chi connectivity index (χ2n) is 9.92. The zero-order valence-electron chi connectivity index (χ0n) is 22.2. The number of aromatic nitrogens is 6. The molecule has 4 aromatic heterocycles. The third kappa shape index (κ3) is 4.65. The smallest absolute Gasteiger partial charge is 0.270 e. The van der Waals surface area contributed by atoms with Crippen LogP contribution in [-0.2, 0) is 12.8 Å². The van der Waals surface area contributed by atoms with E-state index in [9.17, 15) is 4.79 Å². The lowest BCUT2D eigenvalue weighted by Crippen LogP contribution is -2.32. The Hall–Kier alpha value is -5.50. The van der Waals surface area contributed by atoms with Crippen LogP contribution in [0.5, 0.6) is 0 Å². The average molecular weight is 538 g/mol. The van der Waals surface area contributed by atoms with Gasteiger partial charge in [-0.25, -0.2) is 0 Å². The van der Waals surface area contributed by atoms with Gasteiger partial charge < -0.3 is 15.3 Å². The van der Waals surface area contributed by atoms with Crippen molar-refractivity contribution in [2.24, 2.45) is 0 Å². The minimum atomic E-state index is -0.588. The third-order valence-electron chi connectivity index (χ3n) is 7.43. The van der Waals surface area contributed by atoms with Crippen molar-refractivity contribution in [2.45, 2.75) is 18.9 Å². The van der Waals surface area contributed by atoms with Crippen LogP contribution in [-0.4, -0.2) is 35.6 Å². The molecule has 8 nitrogen and oxygen atoms in total. The van der Waals surface area contributed by atoms with Gasteiger partial charge >= 0.3 is 0 Å².